The van der Waals surface area contributed by atoms with Gasteiger partial charge in [-0.3, -0.25) is 0 Å². The first kappa shape index (κ1) is 11.6. The minimum atomic E-state index is -0.932. The van der Waals surface area contributed by atoms with E-state index in [-0.39, 0.29) is 0 Å². The van der Waals surface area contributed by atoms with Crippen molar-refractivity contribution in [1.29, 1.82) is 0 Å². The predicted molar refractivity (Wildman–Crippen MR) is 66.4 cm³/mol. The normalized spacial score (nSPS) is 12.1. The molecule has 0 fully saturated rings. The molecule has 2 aromatic carbocycles. The molecule has 0 aliphatic heterocycles. The maximum Gasteiger partial charge on any atom is 0.128 e. The van der Waals surface area contributed by atoms with Gasteiger partial charge in [-0.05, 0) is 23.3 Å². The lowest BCUT2D eigenvalue weighted by Crippen LogP contribution is -2.08. The third kappa shape index (κ3) is 3.31. The second kappa shape index (κ2) is 5.48. The number of aliphatic hydroxyl groups is 1. The molecule has 0 amide bonds. The minimum Gasteiger partial charge on any atom is -0.489 e. The summed E-state index contributed by atoms with van der Waals surface area (Å²) in [6.07, 6.45) is -0.932. The maximum absolute atomic E-state index is 9.16. The van der Waals surface area contributed by atoms with E-state index in [1.54, 1.807) is 24.3 Å². The summed E-state index contributed by atoms with van der Waals surface area (Å²) in [6.45, 7) is 0.533. The Labute approximate surface area is 100 Å². The molecule has 0 aliphatic carbocycles. The largest absolute Gasteiger partial charge is 0.489 e. The Balaban J connectivity index is 1.96. The Morgan fingerprint density at radius 1 is 1.00 bits per heavy atom. The Morgan fingerprint density at radius 3 is 2.24 bits per heavy atom. The smallest absolute Gasteiger partial charge is 0.128 e. The van der Waals surface area contributed by atoms with Gasteiger partial charge >= 0.3 is 0 Å². The van der Waals surface area contributed by atoms with Gasteiger partial charge in [0.1, 0.15) is 18.6 Å². The van der Waals surface area contributed by atoms with Gasteiger partial charge in [0.25, 0.3) is 0 Å². The van der Waals surface area contributed by atoms with Crippen LogP contribution >= 0.6 is 0 Å². The molecular weight excluding hydrogens is 214 g/mol. The third-order valence-electron chi connectivity index (χ3n) is 2.47. The number of nitrogens with two attached hydrogens (primary N) is 1. The van der Waals surface area contributed by atoms with Crippen molar-refractivity contribution in [2.45, 2.75) is 12.8 Å². The van der Waals surface area contributed by atoms with E-state index in [1.807, 2.05) is 30.3 Å². The van der Waals surface area contributed by atoms with E-state index in [0.29, 0.717) is 12.2 Å². The Morgan fingerprint density at radius 2 is 1.65 bits per heavy atom. The lowest BCUT2D eigenvalue weighted by Gasteiger charge is -2.08. The monoisotopic (exact) mass is 229 g/mol. The average molecular weight is 229 g/mol. The molecule has 3 heteroatoms. The van der Waals surface area contributed by atoms with Gasteiger partial charge in [0.05, 0.1) is 0 Å². The predicted octanol–water partition coefficient (Wildman–Crippen LogP) is 2.22. The van der Waals surface area contributed by atoms with E-state index in [0.717, 1.165) is 11.3 Å². The van der Waals surface area contributed by atoms with Gasteiger partial charge in [-0.15, -0.1) is 0 Å². The van der Waals surface area contributed by atoms with E-state index >= 15 is 0 Å². The highest BCUT2D eigenvalue weighted by Gasteiger charge is 2.01. The summed E-state index contributed by atoms with van der Waals surface area (Å²) in [5.41, 5.74) is 7.14. The molecule has 0 radical (unpaired) electrons. The van der Waals surface area contributed by atoms with Crippen LogP contribution in [0.5, 0.6) is 5.75 Å². The second-order valence-electron chi connectivity index (χ2n) is 3.79. The molecule has 0 saturated carbocycles. The van der Waals surface area contributed by atoms with Gasteiger partial charge in [-0.2, -0.15) is 0 Å². The summed E-state index contributed by atoms with van der Waals surface area (Å²) in [6, 6.07) is 17.1. The van der Waals surface area contributed by atoms with E-state index in [9.17, 15) is 0 Å². The second-order valence-corrected chi connectivity index (χ2v) is 3.79. The Kier molecular flexibility index (Phi) is 3.75. The van der Waals surface area contributed by atoms with E-state index in [1.165, 1.54) is 0 Å². The van der Waals surface area contributed by atoms with Crippen LogP contribution in [-0.4, -0.2) is 5.11 Å². The fourth-order valence-electron chi connectivity index (χ4n) is 1.50. The first-order valence-corrected chi connectivity index (χ1v) is 5.46. The highest BCUT2D eigenvalue weighted by molar-refractivity contribution is 5.28. The average Bonchev–Trinajstić information content (AvgIpc) is 2.38. The molecule has 2 aromatic rings. The highest BCUT2D eigenvalue weighted by atomic mass is 16.5. The molecule has 1 atom stereocenters. The molecule has 0 saturated heterocycles. The first-order valence-electron chi connectivity index (χ1n) is 5.46. The molecule has 0 heterocycles. The van der Waals surface area contributed by atoms with Crippen molar-refractivity contribution in [2.24, 2.45) is 5.73 Å². The van der Waals surface area contributed by atoms with Crippen molar-refractivity contribution in [1.82, 2.24) is 0 Å². The first-order chi connectivity index (χ1) is 8.25. The summed E-state index contributed by atoms with van der Waals surface area (Å²) in [5.74, 6) is 0.762. The summed E-state index contributed by atoms with van der Waals surface area (Å²) in [5, 5.41) is 9.16. The lowest BCUT2D eigenvalue weighted by molar-refractivity contribution is 0.186. The van der Waals surface area contributed by atoms with Gasteiger partial charge in [0, 0.05) is 0 Å². The van der Waals surface area contributed by atoms with Crippen LogP contribution in [0.1, 0.15) is 17.4 Å². The van der Waals surface area contributed by atoms with Crippen LogP contribution in [0.3, 0.4) is 0 Å². The number of hydrogen-bond acceptors (Lipinski definition) is 3. The lowest BCUT2D eigenvalue weighted by atomic mass is 10.2. The van der Waals surface area contributed by atoms with E-state index < -0.39 is 6.23 Å². The summed E-state index contributed by atoms with van der Waals surface area (Å²) < 4.78 is 5.60. The van der Waals surface area contributed by atoms with E-state index in [4.69, 9.17) is 15.6 Å². The van der Waals surface area contributed by atoms with Crippen LogP contribution in [0.15, 0.2) is 54.6 Å². The molecule has 2 rings (SSSR count). The summed E-state index contributed by atoms with van der Waals surface area (Å²) in [4.78, 5) is 0. The SMILES string of the molecule is NC(O)c1ccc(OCc2ccccc2)cc1. The number of hydrogen-bond donors (Lipinski definition) is 2. The topological polar surface area (TPSA) is 55.5 Å². The fourth-order valence-corrected chi connectivity index (χ4v) is 1.50. The van der Waals surface area contributed by atoms with Crippen LogP contribution in [0.25, 0.3) is 0 Å². The quantitative estimate of drug-likeness (QED) is 0.790. The van der Waals surface area contributed by atoms with Gasteiger partial charge in [-0.1, -0.05) is 42.5 Å². The third-order valence-corrected chi connectivity index (χ3v) is 2.47. The molecule has 1 unspecified atom stereocenters. The zero-order valence-electron chi connectivity index (χ0n) is 9.41. The Bertz CT molecular complexity index is 451. The molecule has 0 aliphatic rings. The van der Waals surface area contributed by atoms with Gasteiger partial charge < -0.3 is 15.6 Å². The maximum atomic E-state index is 9.16. The van der Waals surface area contributed by atoms with Crippen molar-refractivity contribution >= 4 is 0 Å². The van der Waals surface area contributed by atoms with Crippen molar-refractivity contribution in [3.63, 3.8) is 0 Å². The molecule has 3 N–H and O–H groups in total. The van der Waals surface area contributed by atoms with Gasteiger partial charge in [0.2, 0.25) is 0 Å². The van der Waals surface area contributed by atoms with Crippen LogP contribution in [-0.2, 0) is 6.61 Å². The van der Waals surface area contributed by atoms with Crippen molar-refractivity contribution < 1.29 is 9.84 Å². The number of benzene rings is 2. The zero-order chi connectivity index (χ0) is 12.1. The zero-order valence-corrected chi connectivity index (χ0v) is 9.41. The molecule has 3 nitrogen and oxygen atoms in total. The number of rotatable bonds is 4. The van der Waals surface area contributed by atoms with Crippen molar-refractivity contribution in [3.05, 3.63) is 65.7 Å². The minimum absolute atomic E-state index is 0.533. The molecule has 88 valence electrons. The van der Waals surface area contributed by atoms with Crippen LogP contribution in [0.2, 0.25) is 0 Å². The van der Waals surface area contributed by atoms with Crippen LogP contribution < -0.4 is 10.5 Å². The molecule has 17 heavy (non-hydrogen) atoms. The van der Waals surface area contributed by atoms with Crippen LogP contribution in [0, 0.1) is 0 Å². The summed E-state index contributed by atoms with van der Waals surface area (Å²) in [7, 11) is 0. The number of ether oxygens (including phenoxy) is 1. The number of aliphatic hydroxyl groups excluding tert-OH is 1. The Hall–Kier alpha value is -1.84. The van der Waals surface area contributed by atoms with Crippen molar-refractivity contribution in [3.8, 4) is 5.75 Å². The summed E-state index contributed by atoms with van der Waals surface area (Å²) >= 11 is 0. The van der Waals surface area contributed by atoms with Crippen LogP contribution in [0.4, 0.5) is 0 Å². The molecule has 0 bridgehead atoms. The standard InChI is InChI=1S/C14H15NO2/c15-14(16)12-6-8-13(9-7-12)17-10-11-4-2-1-3-5-11/h1-9,14,16H,10,15H2. The van der Waals surface area contributed by atoms with Crippen molar-refractivity contribution in [2.75, 3.05) is 0 Å². The van der Waals surface area contributed by atoms with E-state index in [2.05, 4.69) is 0 Å². The molecule has 0 spiro atoms. The fraction of sp³-hybridized carbons (Fsp3) is 0.143. The molecule has 0 aromatic heterocycles. The highest BCUT2D eigenvalue weighted by Crippen LogP contribution is 2.16. The molecular formula is C14H15NO2. The van der Waals surface area contributed by atoms with Gasteiger partial charge in [0.15, 0.2) is 0 Å². The van der Waals surface area contributed by atoms with Gasteiger partial charge in [-0.25, -0.2) is 0 Å².